The molecule has 0 spiro atoms. The summed E-state index contributed by atoms with van der Waals surface area (Å²) in [6.45, 7) is -2.33. The van der Waals surface area contributed by atoms with Crippen molar-refractivity contribution in [3.05, 3.63) is 76.0 Å². The van der Waals surface area contributed by atoms with Crippen molar-refractivity contribution < 1.29 is 32.1 Å². The number of pyridine rings is 1. The van der Waals surface area contributed by atoms with Crippen LogP contribution in [0, 0.1) is 11.6 Å². The second kappa shape index (κ2) is 10.4. The molecule has 0 radical (unpaired) electrons. The number of aliphatic hydroxyl groups excluding tert-OH is 1. The minimum Gasteiger partial charge on any atom is -0.493 e. The van der Waals surface area contributed by atoms with E-state index in [9.17, 15) is 22.4 Å². The first-order valence-electron chi connectivity index (χ1n) is 11.0. The maximum atomic E-state index is 13.8. The number of rotatable bonds is 9. The first-order chi connectivity index (χ1) is 17.6. The SMILES string of the molecule is COc1cc2c(=O)[nH]c(Cc3ccc(-c4cc(F)cc(F)c4)nc3)nc2c(NCC(F)(F)CO)c1OC. The van der Waals surface area contributed by atoms with Crippen molar-refractivity contribution in [1.29, 1.82) is 0 Å². The van der Waals surface area contributed by atoms with Gasteiger partial charge in [-0.15, -0.1) is 0 Å². The molecule has 4 rings (SSSR count). The van der Waals surface area contributed by atoms with E-state index < -0.39 is 36.3 Å². The normalized spacial score (nSPS) is 11.5. The number of nitrogens with zero attached hydrogens (tertiary/aromatic N) is 2. The summed E-state index contributed by atoms with van der Waals surface area (Å²) in [5.74, 6) is -4.52. The van der Waals surface area contributed by atoms with Crippen molar-refractivity contribution >= 4 is 16.6 Å². The number of methoxy groups -OCH3 is 2. The van der Waals surface area contributed by atoms with Gasteiger partial charge in [-0.3, -0.25) is 9.78 Å². The largest absolute Gasteiger partial charge is 0.493 e. The number of H-pyrrole nitrogens is 1. The predicted molar refractivity (Wildman–Crippen MR) is 128 cm³/mol. The third-order valence-corrected chi connectivity index (χ3v) is 5.50. The molecule has 37 heavy (non-hydrogen) atoms. The number of anilines is 1. The molecule has 0 unspecified atom stereocenters. The maximum absolute atomic E-state index is 13.8. The number of aliphatic hydroxyl groups is 1. The van der Waals surface area contributed by atoms with E-state index in [0.717, 1.165) is 18.2 Å². The van der Waals surface area contributed by atoms with Crippen LogP contribution in [0.1, 0.15) is 11.4 Å². The van der Waals surface area contributed by atoms with Crippen LogP contribution in [-0.2, 0) is 6.42 Å². The lowest BCUT2D eigenvalue weighted by molar-refractivity contribution is -0.0372. The van der Waals surface area contributed by atoms with Gasteiger partial charge in [0.1, 0.15) is 35.3 Å². The molecular weight excluding hydrogens is 496 g/mol. The van der Waals surface area contributed by atoms with Crippen molar-refractivity contribution in [3.63, 3.8) is 0 Å². The second-order valence-corrected chi connectivity index (χ2v) is 8.15. The Morgan fingerprint density at radius 2 is 1.81 bits per heavy atom. The van der Waals surface area contributed by atoms with Gasteiger partial charge in [-0.1, -0.05) is 6.07 Å². The number of nitrogens with one attached hydrogen (secondary N) is 2. The van der Waals surface area contributed by atoms with Gasteiger partial charge in [0.05, 0.1) is 31.8 Å². The molecule has 3 N–H and O–H groups in total. The van der Waals surface area contributed by atoms with Crippen molar-refractivity contribution in [2.45, 2.75) is 12.3 Å². The molecule has 0 aliphatic carbocycles. The minimum atomic E-state index is -3.44. The molecule has 12 heteroatoms. The zero-order valence-corrected chi connectivity index (χ0v) is 19.7. The quantitative estimate of drug-likeness (QED) is 0.288. The molecular formula is C25H22F4N4O4. The van der Waals surface area contributed by atoms with E-state index in [2.05, 4.69) is 20.3 Å². The van der Waals surface area contributed by atoms with E-state index in [0.29, 0.717) is 11.3 Å². The van der Waals surface area contributed by atoms with E-state index in [-0.39, 0.29) is 45.9 Å². The Hall–Kier alpha value is -4.19. The number of hydrogen-bond acceptors (Lipinski definition) is 7. The molecule has 8 nitrogen and oxygen atoms in total. The van der Waals surface area contributed by atoms with E-state index >= 15 is 0 Å². The molecule has 4 aromatic rings. The summed E-state index contributed by atoms with van der Waals surface area (Å²) in [5.41, 5.74) is 0.736. The number of aromatic amines is 1. The van der Waals surface area contributed by atoms with Crippen LogP contribution in [0.2, 0.25) is 0 Å². The molecule has 0 bridgehead atoms. The topological polar surface area (TPSA) is 109 Å². The summed E-state index contributed by atoms with van der Waals surface area (Å²) in [7, 11) is 2.64. The van der Waals surface area contributed by atoms with Gasteiger partial charge in [-0.25, -0.2) is 22.5 Å². The molecule has 2 aromatic heterocycles. The van der Waals surface area contributed by atoms with Gasteiger partial charge in [0.25, 0.3) is 11.5 Å². The summed E-state index contributed by atoms with van der Waals surface area (Å²) >= 11 is 0. The molecule has 0 aliphatic rings. The van der Waals surface area contributed by atoms with Crippen molar-refractivity contribution in [2.24, 2.45) is 0 Å². The predicted octanol–water partition coefficient (Wildman–Crippen LogP) is 3.91. The number of aromatic nitrogens is 3. The Labute approximate surface area is 207 Å². The van der Waals surface area contributed by atoms with Crippen molar-refractivity contribution in [1.82, 2.24) is 15.0 Å². The number of fused-ring (bicyclic) bond motifs is 1. The zero-order valence-electron chi connectivity index (χ0n) is 19.7. The molecule has 0 fully saturated rings. The molecule has 0 saturated heterocycles. The van der Waals surface area contributed by atoms with Gasteiger partial charge < -0.3 is 24.9 Å². The Bertz CT molecular complexity index is 1470. The lowest BCUT2D eigenvalue weighted by Gasteiger charge is -2.19. The molecule has 0 aliphatic heterocycles. The van der Waals surface area contributed by atoms with Gasteiger partial charge in [-0.2, -0.15) is 0 Å². The van der Waals surface area contributed by atoms with E-state index in [1.54, 1.807) is 12.1 Å². The number of halogens is 4. The van der Waals surface area contributed by atoms with Crippen LogP contribution in [0.4, 0.5) is 23.2 Å². The average molecular weight is 518 g/mol. The van der Waals surface area contributed by atoms with Gasteiger partial charge in [-0.05, 0) is 29.8 Å². The zero-order chi connectivity index (χ0) is 26.7. The number of ether oxygens (including phenoxy) is 2. The molecule has 2 aromatic carbocycles. The first kappa shape index (κ1) is 25.9. The third kappa shape index (κ3) is 5.64. The van der Waals surface area contributed by atoms with Crippen LogP contribution in [0.15, 0.2) is 47.4 Å². The van der Waals surface area contributed by atoms with Crippen LogP contribution in [0.3, 0.4) is 0 Å². The van der Waals surface area contributed by atoms with Gasteiger partial charge in [0.2, 0.25) is 0 Å². The van der Waals surface area contributed by atoms with Crippen LogP contribution in [0.5, 0.6) is 11.5 Å². The number of alkyl halides is 2. The van der Waals surface area contributed by atoms with Crippen LogP contribution >= 0.6 is 0 Å². The molecule has 0 saturated carbocycles. The van der Waals surface area contributed by atoms with E-state index in [1.165, 1.54) is 26.5 Å². The first-order valence-corrected chi connectivity index (χ1v) is 11.0. The summed E-state index contributed by atoms with van der Waals surface area (Å²) in [6, 6.07) is 7.69. The average Bonchev–Trinajstić information content (AvgIpc) is 2.86. The fraction of sp³-hybridized carbons (Fsp3) is 0.240. The molecule has 0 atom stereocenters. The van der Waals surface area contributed by atoms with Gasteiger partial charge >= 0.3 is 0 Å². The Morgan fingerprint density at radius 3 is 2.41 bits per heavy atom. The van der Waals surface area contributed by atoms with Crippen LogP contribution < -0.4 is 20.3 Å². The highest BCUT2D eigenvalue weighted by molar-refractivity contribution is 5.95. The standard InChI is InChI=1S/C25H22F4N4O4/c1-36-19-9-17-21(22(23(19)37-2)31-11-25(28,29)12-34)32-20(33-24(17)35)5-13-3-4-18(30-10-13)14-6-15(26)8-16(27)7-14/h3-4,6-10,31,34H,5,11-12H2,1-2H3,(H,32,33,35). The van der Waals surface area contributed by atoms with Gasteiger partial charge in [0.15, 0.2) is 11.5 Å². The highest BCUT2D eigenvalue weighted by Crippen LogP contribution is 2.40. The fourth-order valence-electron chi connectivity index (χ4n) is 3.75. The molecule has 194 valence electrons. The lowest BCUT2D eigenvalue weighted by Crippen LogP contribution is -2.31. The van der Waals surface area contributed by atoms with Crippen LogP contribution in [-0.4, -0.2) is 53.4 Å². The Morgan fingerprint density at radius 1 is 1.08 bits per heavy atom. The second-order valence-electron chi connectivity index (χ2n) is 8.15. The maximum Gasteiger partial charge on any atom is 0.287 e. The lowest BCUT2D eigenvalue weighted by atomic mass is 10.1. The highest BCUT2D eigenvalue weighted by Gasteiger charge is 2.29. The molecule has 2 heterocycles. The minimum absolute atomic E-state index is 0.000992. The highest BCUT2D eigenvalue weighted by atomic mass is 19.3. The van der Waals surface area contributed by atoms with E-state index in [4.69, 9.17) is 14.6 Å². The summed E-state index contributed by atoms with van der Waals surface area (Å²) in [6.07, 6.45) is 1.58. The summed E-state index contributed by atoms with van der Waals surface area (Å²) in [5, 5.41) is 11.5. The fourth-order valence-corrected chi connectivity index (χ4v) is 3.75. The third-order valence-electron chi connectivity index (χ3n) is 5.50. The number of benzene rings is 2. The van der Waals surface area contributed by atoms with E-state index in [1.807, 2.05) is 0 Å². The van der Waals surface area contributed by atoms with Crippen LogP contribution in [0.25, 0.3) is 22.2 Å². The summed E-state index contributed by atoms with van der Waals surface area (Å²) < 4.78 is 65.2. The summed E-state index contributed by atoms with van der Waals surface area (Å²) in [4.78, 5) is 24.2. The van der Waals surface area contributed by atoms with Gasteiger partial charge in [0, 0.05) is 24.2 Å². The van der Waals surface area contributed by atoms with Crippen molar-refractivity contribution in [2.75, 3.05) is 32.7 Å². The number of hydrogen-bond donors (Lipinski definition) is 3. The molecule has 0 amide bonds. The Kier molecular flexibility index (Phi) is 7.30. The smallest absolute Gasteiger partial charge is 0.287 e. The van der Waals surface area contributed by atoms with Crippen molar-refractivity contribution in [3.8, 4) is 22.8 Å². The Balaban J connectivity index is 1.72. The monoisotopic (exact) mass is 518 g/mol.